The zero-order valence-electron chi connectivity index (χ0n) is 12.1. The van der Waals surface area contributed by atoms with Gasteiger partial charge in [0.05, 0.1) is 5.69 Å². The lowest BCUT2D eigenvalue weighted by atomic mass is 9.80. The number of pyridine rings is 1. The molecule has 3 N–H and O–H groups in total. The lowest BCUT2D eigenvalue weighted by molar-refractivity contribution is 0.252. The van der Waals surface area contributed by atoms with Gasteiger partial charge in [0, 0.05) is 25.5 Å². The molecule has 0 saturated carbocycles. The van der Waals surface area contributed by atoms with Crippen LogP contribution in [0.15, 0.2) is 23.4 Å². The van der Waals surface area contributed by atoms with E-state index in [2.05, 4.69) is 31.2 Å². The maximum Gasteiger partial charge on any atom is 0.246 e. The minimum absolute atomic E-state index is 0.105. The monoisotopic (exact) mass is 298 g/mol. The summed E-state index contributed by atoms with van der Waals surface area (Å²) in [7, 11) is -3.55. The van der Waals surface area contributed by atoms with Gasteiger partial charge in [-0.1, -0.05) is 20.8 Å². The van der Waals surface area contributed by atoms with Crippen molar-refractivity contribution in [3.8, 4) is 0 Å². The summed E-state index contributed by atoms with van der Waals surface area (Å²) in [6.45, 7) is 7.52. The van der Waals surface area contributed by atoms with Gasteiger partial charge in [0.1, 0.15) is 4.90 Å². The van der Waals surface area contributed by atoms with Gasteiger partial charge < -0.3 is 5.43 Å². The maximum atomic E-state index is 12.7. The maximum absolute atomic E-state index is 12.7. The quantitative estimate of drug-likeness (QED) is 0.651. The van der Waals surface area contributed by atoms with E-state index < -0.39 is 10.0 Å². The molecule has 1 aromatic heterocycles. The number of nitrogens with zero attached hydrogens (tertiary/aromatic N) is 2. The van der Waals surface area contributed by atoms with Crippen LogP contribution in [0.2, 0.25) is 0 Å². The van der Waals surface area contributed by atoms with Crippen molar-refractivity contribution in [2.45, 2.75) is 32.1 Å². The van der Waals surface area contributed by atoms with E-state index >= 15 is 0 Å². The van der Waals surface area contributed by atoms with Gasteiger partial charge in [0.25, 0.3) is 0 Å². The minimum Gasteiger partial charge on any atom is -0.323 e. The predicted octanol–water partition coefficient (Wildman–Crippen LogP) is 1.42. The molecule has 0 aromatic carbocycles. The SMILES string of the molecule is CC(C)(C)C1CCN(S(=O)(=O)c2cnccc2NN)C1. The van der Waals surface area contributed by atoms with E-state index in [0.29, 0.717) is 24.7 Å². The first-order chi connectivity index (χ1) is 9.26. The fraction of sp³-hybridized carbons (Fsp3) is 0.615. The number of nitrogen functional groups attached to an aromatic ring is 1. The Labute approximate surface area is 120 Å². The van der Waals surface area contributed by atoms with Crippen molar-refractivity contribution in [3.05, 3.63) is 18.5 Å². The second-order valence-electron chi connectivity index (χ2n) is 6.23. The lowest BCUT2D eigenvalue weighted by Gasteiger charge is -2.27. The number of sulfonamides is 1. The fourth-order valence-electron chi connectivity index (χ4n) is 2.50. The van der Waals surface area contributed by atoms with Crippen molar-refractivity contribution in [3.63, 3.8) is 0 Å². The molecule has 1 aromatic rings. The van der Waals surface area contributed by atoms with Crippen LogP contribution in [0, 0.1) is 11.3 Å². The summed E-state index contributed by atoms with van der Waals surface area (Å²) < 4.78 is 26.9. The Morgan fingerprint density at radius 2 is 2.15 bits per heavy atom. The van der Waals surface area contributed by atoms with Gasteiger partial charge in [0.15, 0.2) is 0 Å². The molecule has 1 atom stereocenters. The highest BCUT2D eigenvalue weighted by Crippen LogP contribution is 2.36. The van der Waals surface area contributed by atoms with E-state index in [9.17, 15) is 8.42 Å². The molecule has 1 saturated heterocycles. The summed E-state index contributed by atoms with van der Waals surface area (Å²) in [6, 6.07) is 1.56. The molecule has 20 heavy (non-hydrogen) atoms. The van der Waals surface area contributed by atoms with E-state index in [4.69, 9.17) is 5.84 Å². The van der Waals surface area contributed by atoms with Crippen LogP contribution >= 0.6 is 0 Å². The van der Waals surface area contributed by atoms with Crippen molar-refractivity contribution >= 4 is 15.7 Å². The number of nitrogens with one attached hydrogen (secondary N) is 1. The first kappa shape index (κ1) is 15.2. The van der Waals surface area contributed by atoms with Crippen LogP contribution in [0.1, 0.15) is 27.2 Å². The van der Waals surface area contributed by atoms with Gasteiger partial charge in [-0.25, -0.2) is 8.42 Å². The number of hydrogen-bond donors (Lipinski definition) is 2. The van der Waals surface area contributed by atoms with Crippen molar-refractivity contribution in [1.29, 1.82) is 0 Å². The Morgan fingerprint density at radius 3 is 2.70 bits per heavy atom. The molecule has 6 nitrogen and oxygen atoms in total. The van der Waals surface area contributed by atoms with Crippen molar-refractivity contribution in [1.82, 2.24) is 9.29 Å². The summed E-state index contributed by atoms with van der Waals surface area (Å²) in [6.07, 6.45) is 3.74. The average Bonchev–Trinajstić information content (AvgIpc) is 2.88. The fourth-order valence-corrected chi connectivity index (χ4v) is 4.10. The van der Waals surface area contributed by atoms with Gasteiger partial charge in [-0.15, -0.1) is 0 Å². The largest absolute Gasteiger partial charge is 0.323 e. The highest BCUT2D eigenvalue weighted by molar-refractivity contribution is 7.89. The number of rotatable bonds is 3. The summed E-state index contributed by atoms with van der Waals surface area (Å²) in [5, 5.41) is 0. The van der Waals surface area contributed by atoms with E-state index in [1.54, 1.807) is 6.07 Å². The molecule has 0 aliphatic carbocycles. The van der Waals surface area contributed by atoms with Crippen molar-refractivity contribution in [2.24, 2.45) is 17.2 Å². The summed E-state index contributed by atoms with van der Waals surface area (Å²) >= 11 is 0. The number of aromatic nitrogens is 1. The van der Waals surface area contributed by atoms with E-state index in [1.807, 2.05) is 0 Å². The highest BCUT2D eigenvalue weighted by atomic mass is 32.2. The molecule has 1 fully saturated rings. The average molecular weight is 298 g/mol. The second-order valence-corrected chi connectivity index (χ2v) is 8.14. The van der Waals surface area contributed by atoms with Crippen LogP contribution in [-0.4, -0.2) is 30.8 Å². The number of anilines is 1. The second kappa shape index (κ2) is 5.31. The smallest absolute Gasteiger partial charge is 0.246 e. The van der Waals surface area contributed by atoms with Crippen LogP contribution in [0.4, 0.5) is 5.69 Å². The van der Waals surface area contributed by atoms with E-state index in [-0.39, 0.29) is 10.3 Å². The standard InChI is InChI=1S/C13H22N4O2S/c1-13(2,3)10-5-7-17(9-10)20(18,19)12-8-15-6-4-11(12)16-14/h4,6,8,10H,5,7,9,14H2,1-3H3,(H,15,16). The van der Waals surface area contributed by atoms with Crippen LogP contribution in [0.5, 0.6) is 0 Å². The molecule has 0 spiro atoms. The normalized spacial score (nSPS) is 21.1. The van der Waals surface area contributed by atoms with Crippen molar-refractivity contribution in [2.75, 3.05) is 18.5 Å². The van der Waals surface area contributed by atoms with Crippen LogP contribution in [0.3, 0.4) is 0 Å². The number of nitrogens with two attached hydrogens (primary N) is 1. The van der Waals surface area contributed by atoms with Crippen LogP contribution in [0.25, 0.3) is 0 Å². The molecule has 0 radical (unpaired) electrons. The summed E-state index contributed by atoms with van der Waals surface area (Å²) in [4.78, 5) is 4.03. The Morgan fingerprint density at radius 1 is 1.45 bits per heavy atom. The van der Waals surface area contributed by atoms with E-state index in [0.717, 1.165) is 6.42 Å². The molecular weight excluding hydrogens is 276 g/mol. The van der Waals surface area contributed by atoms with Gasteiger partial charge in [0.2, 0.25) is 10.0 Å². The molecule has 0 bridgehead atoms. The molecule has 112 valence electrons. The first-order valence-corrected chi connectivity index (χ1v) is 8.11. The van der Waals surface area contributed by atoms with Gasteiger partial charge in [-0.3, -0.25) is 10.8 Å². The minimum atomic E-state index is -3.55. The van der Waals surface area contributed by atoms with Gasteiger partial charge in [-0.2, -0.15) is 4.31 Å². The summed E-state index contributed by atoms with van der Waals surface area (Å²) in [5.41, 5.74) is 2.90. The lowest BCUT2D eigenvalue weighted by Crippen LogP contribution is -2.32. The zero-order chi connectivity index (χ0) is 15.0. The third-order valence-electron chi connectivity index (χ3n) is 3.93. The third kappa shape index (κ3) is 2.79. The summed E-state index contributed by atoms with van der Waals surface area (Å²) in [5.74, 6) is 5.75. The molecule has 0 amide bonds. The predicted molar refractivity (Wildman–Crippen MR) is 78.4 cm³/mol. The van der Waals surface area contributed by atoms with Crippen molar-refractivity contribution < 1.29 is 8.42 Å². The molecule has 1 unspecified atom stereocenters. The third-order valence-corrected chi connectivity index (χ3v) is 5.83. The molecule has 2 heterocycles. The Kier molecular flexibility index (Phi) is 4.04. The highest BCUT2D eigenvalue weighted by Gasteiger charge is 2.38. The molecule has 7 heteroatoms. The van der Waals surface area contributed by atoms with Gasteiger partial charge in [-0.05, 0) is 23.8 Å². The van der Waals surface area contributed by atoms with Gasteiger partial charge >= 0.3 is 0 Å². The molecule has 1 aliphatic rings. The van der Waals surface area contributed by atoms with Crippen LogP contribution in [-0.2, 0) is 10.0 Å². The molecule has 1 aliphatic heterocycles. The molecular formula is C13H22N4O2S. The zero-order valence-corrected chi connectivity index (χ0v) is 12.9. The molecule has 2 rings (SSSR count). The Hall–Kier alpha value is -1.18. The topological polar surface area (TPSA) is 88.3 Å². The Balaban J connectivity index is 2.29. The van der Waals surface area contributed by atoms with Crippen LogP contribution < -0.4 is 11.3 Å². The number of hydrazine groups is 1. The Bertz CT molecular complexity index is 580. The van der Waals surface area contributed by atoms with E-state index in [1.165, 1.54) is 16.7 Å². The number of hydrogen-bond acceptors (Lipinski definition) is 5. The first-order valence-electron chi connectivity index (χ1n) is 6.67.